The van der Waals surface area contributed by atoms with Crippen molar-refractivity contribution >= 4 is 17.3 Å². The molecule has 4 heteroatoms. The first-order valence-corrected chi connectivity index (χ1v) is 4.90. The smallest absolute Gasteiger partial charge is 0.348 e. The van der Waals surface area contributed by atoms with E-state index in [9.17, 15) is 4.79 Å². The Bertz CT molecular complexity index is 306. The lowest BCUT2D eigenvalue weighted by molar-refractivity contribution is 0.0606. The zero-order valence-corrected chi connectivity index (χ0v) is 8.15. The third-order valence-electron chi connectivity index (χ3n) is 2.01. The highest BCUT2D eigenvalue weighted by Gasteiger charge is 2.17. The Kier molecular flexibility index (Phi) is 2.33. The van der Waals surface area contributed by atoms with Crippen molar-refractivity contribution in [1.29, 1.82) is 0 Å². The number of rotatable bonds is 1. The molecule has 0 aromatic carbocycles. The topological polar surface area (TPSA) is 35.5 Å². The highest BCUT2D eigenvalue weighted by molar-refractivity contribution is 7.14. The van der Waals surface area contributed by atoms with Crippen molar-refractivity contribution < 1.29 is 14.3 Å². The molecule has 0 amide bonds. The number of fused-ring (bicyclic) bond motifs is 1. The standard InChI is InChI=1S/C9H10O3S/c1-11-9(10)8-4-6-5-12-3-2-7(6)13-8/h4H,2-3,5H2,1H3. The molecule has 0 radical (unpaired) electrons. The quantitative estimate of drug-likeness (QED) is 0.643. The number of hydrogen-bond acceptors (Lipinski definition) is 4. The van der Waals surface area contributed by atoms with Crippen LogP contribution in [0.25, 0.3) is 0 Å². The zero-order chi connectivity index (χ0) is 9.26. The average molecular weight is 198 g/mol. The van der Waals surface area contributed by atoms with Crippen molar-refractivity contribution in [3.05, 3.63) is 21.4 Å². The summed E-state index contributed by atoms with van der Waals surface area (Å²) in [7, 11) is 1.40. The molecule has 1 aromatic heterocycles. The van der Waals surface area contributed by atoms with Gasteiger partial charge in [0.1, 0.15) is 4.88 Å². The van der Waals surface area contributed by atoms with Gasteiger partial charge in [0.05, 0.1) is 20.3 Å². The molecule has 0 fully saturated rings. The first-order chi connectivity index (χ1) is 6.31. The molecule has 0 aliphatic carbocycles. The van der Waals surface area contributed by atoms with Crippen molar-refractivity contribution in [2.24, 2.45) is 0 Å². The van der Waals surface area contributed by atoms with Crippen LogP contribution in [0.15, 0.2) is 6.07 Å². The van der Waals surface area contributed by atoms with Crippen LogP contribution in [0.1, 0.15) is 20.1 Å². The van der Waals surface area contributed by atoms with E-state index in [0.717, 1.165) is 18.6 Å². The summed E-state index contributed by atoms with van der Waals surface area (Å²) in [4.78, 5) is 13.1. The van der Waals surface area contributed by atoms with Gasteiger partial charge in [0, 0.05) is 11.3 Å². The molecule has 0 unspecified atom stereocenters. The van der Waals surface area contributed by atoms with Crippen molar-refractivity contribution in [3.63, 3.8) is 0 Å². The SMILES string of the molecule is COC(=O)c1cc2c(s1)CCOC2. The van der Waals surface area contributed by atoms with Crippen molar-refractivity contribution in [3.8, 4) is 0 Å². The maximum atomic E-state index is 11.2. The van der Waals surface area contributed by atoms with E-state index >= 15 is 0 Å². The van der Waals surface area contributed by atoms with Crippen LogP contribution in [0.2, 0.25) is 0 Å². The Morgan fingerprint density at radius 3 is 3.23 bits per heavy atom. The summed E-state index contributed by atoms with van der Waals surface area (Å²) >= 11 is 1.51. The summed E-state index contributed by atoms with van der Waals surface area (Å²) in [6, 6.07) is 1.87. The molecule has 0 N–H and O–H groups in total. The highest BCUT2D eigenvalue weighted by atomic mass is 32.1. The second kappa shape index (κ2) is 3.47. The predicted octanol–water partition coefficient (Wildman–Crippen LogP) is 1.61. The first kappa shape index (κ1) is 8.72. The van der Waals surface area contributed by atoms with Gasteiger partial charge in [-0.1, -0.05) is 0 Å². The number of esters is 1. The van der Waals surface area contributed by atoms with E-state index in [1.807, 2.05) is 6.07 Å². The summed E-state index contributed by atoms with van der Waals surface area (Å²) in [5, 5.41) is 0. The fraction of sp³-hybridized carbons (Fsp3) is 0.444. The molecule has 13 heavy (non-hydrogen) atoms. The number of ether oxygens (including phenoxy) is 2. The van der Waals surface area contributed by atoms with Gasteiger partial charge in [-0.25, -0.2) is 4.79 Å². The fourth-order valence-electron chi connectivity index (χ4n) is 1.35. The van der Waals surface area contributed by atoms with Crippen molar-refractivity contribution in [1.82, 2.24) is 0 Å². The molecule has 0 atom stereocenters. The molecule has 0 saturated heterocycles. The molecule has 0 spiro atoms. The van der Waals surface area contributed by atoms with Gasteiger partial charge in [-0.3, -0.25) is 0 Å². The van der Waals surface area contributed by atoms with E-state index in [1.54, 1.807) is 0 Å². The van der Waals surface area contributed by atoms with Gasteiger partial charge in [0.15, 0.2) is 0 Å². The van der Waals surface area contributed by atoms with Crippen LogP contribution in [0, 0.1) is 0 Å². The minimum atomic E-state index is -0.251. The van der Waals surface area contributed by atoms with Gasteiger partial charge >= 0.3 is 5.97 Å². The Balaban J connectivity index is 2.30. The summed E-state index contributed by atoms with van der Waals surface area (Å²) < 4.78 is 9.92. The van der Waals surface area contributed by atoms with Gasteiger partial charge < -0.3 is 9.47 Å². The number of hydrogen-bond donors (Lipinski definition) is 0. The molecule has 1 aliphatic heterocycles. The highest BCUT2D eigenvalue weighted by Crippen LogP contribution is 2.27. The number of carbonyl (C=O) groups is 1. The van der Waals surface area contributed by atoms with Crippen LogP contribution in [0.3, 0.4) is 0 Å². The van der Waals surface area contributed by atoms with Gasteiger partial charge in [-0.15, -0.1) is 11.3 Å². The summed E-state index contributed by atoms with van der Waals surface area (Å²) in [6.07, 6.45) is 0.914. The molecule has 1 aliphatic rings. The third kappa shape index (κ3) is 1.59. The van der Waals surface area contributed by atoms with Crippen LogP contribution < -0.4 is 0 Å². The van der Waals surface area contributed by atoms with Gasteiger partial charge in [0.2, 0.25) is 0 Å². The van der Waals surface area contributed by atoms with E-state index < -0.39 is 0 Å². The molecule has 0 saturated carbocycles. The second-order valence-corrected chi connectivity index (χ2v) is 3.99. The molecule has 1 aromatic rings. The normalized spacial score (nSPS) is 15.2. The molecule has 3 nitrogen and oxygen atoms in total. The van der Waals surface area contributed by atoms with Crippen LogP contribution in [0.4, 0.5) is 0 Å². The van der Waals surface area contributed by atoms with Crippen LogP contribution in [0.5, 0.6) is 0 Å². The Labute approximate surface area is 80.3 Å². The van der Waals surface area contributed by atoms with Crippen LogP contribution in [-0.2, 0) is 22.5 Å². The molecule has 2 heterocycles. The fourth-order valence-corrected chi connectivity index (χ4v) is 2.42. The molecule has 0 bridgehead atoms. The third-order valence-corrected chi connectivity index (χ3v) is 3.23. The summed E-state index contributed by atoms with van der Waals surface area (Å²) in [6.45, 7) is 1.39. The Hall–Kier alpha value is -0.870. The average Bonchev–Trinajstić information content (AvgIpc) is 2.59. The van der Waals surface area contributed by atoms with Gasteiger partial charge in [0.25, 0.3) is 0 Å². The number of carbonyl (C=O) groups excluding carboxylic acids is 1. The van der Waals surface area contributed by atoms with Gasteiger partial charge in [-0.2, -0.15) is 0 Å². The first-order valence-electron chi connectivity index (χ1n) is 4.09. The molecule has 2 rings (SSSR count). The van der Waals surface area contributed by atoms with E-state index in [1.165, 1.54) is 23.3 Å². The minimum Gasteiger partial charge on any atom is -0.465 e. The number of methoxy groups -OCH3 is 1. The minimum absolute atomic E-state index is 0.251. The lowest BCUT2D eigenvalue weighted by atomic mass is 10.2. The summed E-state index contributed by atoms with van der Waals surface area (Å²) in [5.74, 6) is -0.251. The van der Waals surface area contributed by atoms with E-state index in [4.69, 9.17) is 4.74 Å². The molecular formula is C9H10O3S. The van der Waals surface area contributed by atoms with E-state index in [-0.39, 0.29) is 5.97 Å². The lowest BCUT2D eigenvalue weighted by Gasteiger charge is -2.10. The van der Waals surface area contributed by atoms with Crippen LogP contribution in [-0.4, -0.2) is 19.7 Å². The monoisotopic (exact) mass is 198 g/mol. The maximum absolute atomic E-state index is 11.2. The zero-order valence-electron chi connectivity index (χ0n) is 7.33. The van der Waals surface area contributed by atoms with E-state index in [0.29, 0.717) is 11.5 Å². The number of thiophene rings is 1. The largest absolute Gasteiger partial charge is 0.465 e. The van der Waals surface area contributed by atoms with Gasteiger partial charge in [-0.05, 0) is 11.6 Å². The van der Waals surface area contributed by atoms with E-state index in [2.05, 4.69) is 4.74 Å². The Morgan fingerprint density at radius 1 is 1.69 bits per heavy atom. The second-order valence-electron chi connectivity index (χ2n) is 2.85. The molecule has 70 valence electrons. The maximum Gasteiger partial charge on any atom is 0.348 e. The Morgan fingerprint density at radius 2 is 2.54 bits per heavy atom. The predicted molar refractivity (Wildman–Crippen MR) is 49.0 cm³/mol. The van der Waals surface area contributed by atoms with Crippen molar-refractivity contribution in [2.75, 3.05) is 13.7 Å². The molecular weight excluding hydrogens is 188 g/mol. The van der Waals surface area contributed by atoms with Crippen LogP contribution >= 0.6 is 11.3 Å². The summed E-state index contributed by atoms with van der Waals surface area (Å²) in [5.41, 5.74) is 1.14. The lowest BCUT2D eigenvalue weighted by Crippen LogP contribution is -2.05. The van der Waals surface area contributed by atoms with Crippen molar-refractivity contribution in [2.45, 2.75) is 13.0 Å².